The van der Waals surface area contributed by atoms with Gasteiger partial charge in [0, 0.05) is 17.7 Å². The number of nitro groups is 1. The van der Waals surface area contributed by atoms with Gasteiger partial charge in [0.05, 0.1) is 16.0 Å². The summed E-state index contributed by atoms with van der Waals surface area (Å²) < 4.78 is 32.3. The van der Waals surface area contributed by atoms with Gasteiger partial charge in [0.2, 0.25) is 5.78 Å². The summed E-state index contributed by atoms with van der Waals surface area (Å²) in [5, 5.41) is 24.0. The van der Waals surface area contributed by atoms with Crippen LogP contribution in [0.15, 0.2) is 83.1 Å². The number of nitro benzene ring substituents is 1. The van der Waals surface area contributed by atoms with E-state index < -0.39 is 32.2 Å². The van der Waals surface area contributed by atoms with E-state index in [9.17, 15) is 28.4 Å². The minimum absolute atomic E-state index is 0.0302. The van der Waals surface area contributed by atoms with Gasteiger partial charge in [-0.1, -0.05) is 30.8 Å². The maximum Gasteiger partial charge on any atom is 0.283 e. The van der Waals surface area contributed by atoms with Crippen LogP contribution in [0, 0.1) is 10.1 Å². The fraction of sp³-hybridized carbons (Fsp3) is 0. The van der Waals surface area contributed by atoms with Crippen LogP contribution >= 0.6 is 0 Å². The number of fused-ring (bicyclic) bond motifs is 1. The highest BCUT2D eigenvalue weighted by molar-refractivity contribution is 7.90. The second-order valence-corrected chi connectivity index (χ2v) is 8.27. The molecule has 4 rings (SSSR count). The topological polar surface area (TPSA) is 139 Å². The van der Waals surface area contributed by atoms with Gasteiger partial charge >= 0.3 is 0 Å². The van der Waals surface area contributed by atoms with Crippen LogP contribution in [-0.2, 0) is 10.0 Å². The molecule has 0 spiro atoms. The average Bonchev–Trinajstić information content (AvgIpc) is 3.26. The Balaban J connectivity index is 1.93. The third kappa shape index (κ3) is 3.50. The molecule has 0 atom stereocenters. The van der Waals surface area contributed by atoms with Crippen LogP contribution in [0.3, 0.4) is 0 Å². The van der Waals surface area contributed by atoms with E-state index in [-0.39, 0.29) is 27.4 Å². The SMILES string of the molecule is C=C[n+]1ccn(C2=C([O-])c3ccccc3C(=O)/C2=N/S(=O)(=O)c2ccc([N+](=O)[O-])cc2)c1. The van der Waals surface area contributed by atoms with Crippen LogP contribution in [0.5, 0.6) is 0 Å². The molecule has 0 N–H and O–H groups in total. The molecule has 160 valence electrons. The fourth-order valence-electron chi connectivity index (χ4n) is 3.20. The van der Waals surface area contributed by atoms with Crippen LogP contribution in [0.25, 0.3) is 17.7 Å². The summed E-state index contributed by atoms with van der Waals surface area (Å²) in [7, 11) is -4.47. The molecular weight excluding hydrogens is 436 g/mol. The van der Waals surface area contributed by atoms with Crippen molar-refractivity contribution >= 4 is 44.9 Å². The summed E-state index contributed by atoms with van der Waals surface area (Å²) in [5.74, 6) is -1.32. The number of ketones is 1. The van der Waals surface area contributed by atoms with Crippen molar-refractivity contribution in [3.05, 3.63) is 95.1 Å². The Morgan fingerprint density at radius 3 is 2.34 bits per heavy atom. The number of imidazole rings is 1. The number of rotatable bonds is 5. The van der Waals surface area contributed by atoms with E-state index in [0.717, 1.165) is 24.3 Å². The normalized spacial score (nSPS) is 15.0. The number of aromatic nitrogens is 2. The van der Waals surface area contributed by atoms with Gasteiger partial charge in [0.25, 0.3) is 22.0 Å². The maximum atomic E-state index is 13.2. The summed E-state index contributed by atoms with van der Waals surface area (Å²) in [4.78, 5) is 23.0. The van der Waals surface area contributed by atoms with Crippen molar-refractivity contribution in [3.63, 3.8) is 0 Å². The highest BCUT2D eigenvalue weighted by atomic mass is 32.2. The number of sulfonamides is 1. The molecule has 10 nitrogen and oxygen atoms in total. The second-order valence-electron chi connectivity index (χ2n) is 6.67. The predicted octanol–water partition coefficient (Wildman–Crippen LogP) is 1.50. The number of carbonyl (C=O) groups is 1. The molecule has 1 aliphatic carbocycles. The quantitative estimate of drug-likeness (QED) is 0.328. The van der Waals surface area contributed by atoms with Crippen molar-refractivity contribution in [1.82, 2.24) is 4.57 Å². The van der Waals surface area contributed by atoms with Gasteiger partial charge in [-0.3, -0.25) is 14.9 Å². The van der Waals surface area contributed by atoms with Crippen molar-refractivity contribution in [2.45, 2.75) is 4.90 Å². The molecule has 1 heterocycles. The molecule has 2 aromatic carbocycles. The molecular formula is C21H14N4O6S. The highest BCUT2D eigenvalue weighted by Crippen LogP contribution is 2.30. The zero-order valence-electron chi connectivity index (χ0n) is 16.3. The number of non-ortho nitro benzene ring substituents is 1. The third-order valence-corrected chi connectivity index (χ3v) is 6.04. The minimum atomic E-state index is -4.47. The van der Waals surface area contributed by atoms with Crippen LogP contribution in [-0.4, -0.2) is 29.4 Å². The number of benzene rings is 2. The average molecular weight is 450 g/mol. The van der Waals surface area contributed by atoms with E-state index in [1.54, 1.807) is 18.3 Å². The Kier molecular flexibility index (Phi) is 5.03. The lowest BCUT2D eigenvalue weighted by atomic mass is 9.91. The Bertz CT molecular complexity index is 1450. The van der Waals surface area contributed by atoms with Gasteiger partial charge in [0.1, 0.15) is 12.4 Å². The highest BCUT2D eigenvalue weighted by Gasteiger charge is 2.33. The van der Waals surface area contributed by atoms with E-state index in [4.69, 9.17) is 0 Å². The lowest BCUT2D eigenvalue weighted by Gasteiger charge is -2.24. The lowest BCUT2D eigenvalue weighted by Crippen LogP contribution is -2.31. The second kappa shape index (κ2) is 7.71. The van der Waals surface area contributed by atoms with Gasteiger partial charge in [-0.05, 0) is 23.5 Å². The Morgan fingerprint density at radius 1 is 1.09 bits per heavy atom. The number of carbonyl (C=O) groups excluding carboxylic acids is 1. The maximum absolute atomic E-state index is 13.2. The van der Waals surface area contributed by atoms with Crippen molar-refractivity contribution in [3.8, 4) is 0 Å². The van der Waals surface area contributed by atoms with Crippen molar-refractivity contribution in [2.75, 3.05) is 0 Å². The van der Waals surface area contributed by atoms with Crippen molar-refractivity contribution in [1.29, 1.82) is 0 Å². The molecule has 3 aromatic rings. The first-order valence-electron chi connectivity index (χ1n) is 9.10. The molecule has 32 heavy (non-hydrogen) atoms. The molecule has 0 unspecified atom stereocenters. The Hall–Kier alpha value is -4.38. The van der Waals surface area contributed by atoms with E-state index in [0.29, 0.717) is 0 Å². The standard InChI is InChI=1S/C21H14N4O6S/c1-2-23-11-12-24(13-23)19-18(20(26)16-5-3-4-6-17(16)21(19)27)22-32(30,31)15-9-7-14(8-10-15)25(28)29/h2-13H,1H2. The molecule has 0 amide bonds. The molecule has 0 radical (unpaired) electrons. The Labute approximate surface area is 181 Å². The number of allylic oxidation sites excluding steroid dienone is 1. The van der Waals surface area contributed by atoms with E-state index in [2.05, 4.69) is 11.0 Å². The number of hydrogen-bond acceptors (Lipinski definition) is 6. The summed E-state index contributed by atoms with van der Waals surface area (Å²) >= 11 is 0. The van der Waals surface area contributed by atoms with Gasteiger partial charge in [-0.2, -0.15) is 12.8 Å². The zero-order valence-corrected chi connectivity index (χ0v) is 17.1. The van der Waals surface area contributed by atoms with Gasteiger partial charge in [-0.25, -0.2) is 9.13 Å². The van der Waals surface area contributed by atoms with Crippen LogP contribution in [0.4, 0.5) is 5.69 Å². The molecule has 0 saturated heterocycles. The monoisotopic (exact) mass is 450 g/mol. The van der Waals surface area contributed by atoms with Crippen LogP contribution < -0.4 is 9.67 Å². The molecule has 0 bridgehead atoms. The zero-order chi connectivity index (χ0) is 23.0. The van der Waals surface area contributed by atoms with E-state index in [1.807, 2.05) is 0 Å². The Morgan fingerprint density at radius 2 is 1.75 bits per heavy atom. The van der Waals surface area contributed by atoms with Crippen molar-refractivity contribution < 1.29 is 27.8 Å². The molecule has 0 aliphatic heterocycles. The summed E-state index contributed by atoms with van der Waals surface area (Å²) in [6.45, 7) is 3.61. The summed E-state index contributed by atoms with van der Waals surface area (Å²) in [5.41, 5.74) is -0.942. The number of hydrogen-bond donors (Lipinski definition) is 0. The van der Waals surface area contributed by atoms with Crippen LogP contribution in [0.1, 0.15) is 15.9 Å². The first-order valence-corrected chi connectivity index (χ1v) is 10.5. The lowest BCUT2D eigenvalue weighted by molar-refractivity contribution is -0.566. The predicted molar refractivity (Wildman–Crippen MR) is 113 cm³/mol. The van der Waals surface area contributed by atoms with Crippen molar-refractivity contribution in [2.24, 2.45) is 4.40 Å². The van der Waals surface area contributed by atoms with Gasteiger partial charge in [0.15, 0.2) is 11.4 Å². The molecule has 0 fully saturated rings. The third-order valence-electron chi connectivity index (χ3n) is 4.75. The van der Waals surface area contributed by atoms with E-state index >= 15 is 0 Å². The summed E-state index contributed by atoms with van der Waals surface area (Å²) in [6, 6.07) is 10.1. The first-order chi connectivity index (χ1) is 15.2. The largest absolute Gasteiger partial charge is 0.869 e. The number of nitrogens with zero attached hydrogens (tertiary/aromatic N) is 4. The smallest absolute Gasteiger partial charge is 0.283 e. The minimum Gasteiger partial charge on any atom is -0.869 e. The van der Waals surface area contributed by atoms with E-state index in [1.165, 1.54) is 40.0 Å². The van der Waals surface area contributed by atoms with Crippen LogP contribution in [0.2, 0.25) is 0 Å². The summed E-state index contributed by atoms with van der Waals surface area (Å²) in [6.07, 6.45) is 5.91. The molecule has 11 heteroatoms. The fourth-order valence-corrected chi connectivity index (χ4v) is 4.19. The molecule has 1 aromatic heterocycles. The number of Topliss-reactive ketones (excluding diaryl/α,β-unsaturated/α-hetero) is 1. The first kappa shape index (κ1) is 20.9. The van der Waals surface area contributed by atoms with Gasteiger partial charge < -0.3 is 5.11 Å². The molecule has 0 saturated carbocycles. The van der Waals surface area contributed by atoms with Gasteiger partial charge in [-0.15, -0.1) is 0 Å². The molecule has 1 aliphatic rings.